The molecule has 0 aliphatic carbocycles. The van der Waals surface area contributed by atoms with E-state index >= 15 is 0 Å². The maximum Gasteiger partial charge on any atom is 0.451 e. The summed E-state index contributed by atoms with van der Waals surface area (Å²) in [5, 5.41) is 5.67. The average molecular weight is 193 g/mol. The Labute approximate surface area is 70.4 Å². The van der Waals surface area contributed by atoms with Gasteiger partial charge in [0.25, 0.3) is 0 Å². The molecule has 0 spiro atoms. The molecule has 1 aromatic rings. The van der Waals surface area contributed by atoms with Crippen molar-refractivity contribution < 1.29 is 18.0 Å². The number of amides is 1. The first-order chi connectivity index (χ1) is 5.91. The van der Waals surface area contributed by atoms with Gasteiger partial charge in [0.15, 0.2) is 0 Å². The van der Waals surface area contributed by atoms with Crippen molar-refractivity contribution in [1.82, 2.24) is 14.8 Å². The number of hydrogen-bond donors (Lipinski definition) is 1. The Morgan fingerprint density at radius 3 is 2.69 bits per heavy atom. The van der Waals surface area contributed by atoms with E-state index in [0.717, 1.165) is 0 Å². The van der Waals surface area contributed by atoms with Gasteiger partial charge in [-0.15, -0.1) is 10.2 Å². The molecule has 13 heavy (non-hydrogen) atoms. The zero-order valence-corrected chi connectivity index (χ0v) is 6.17. The van der Waals surface area contributed by atoms with Gasteiger partial charge in [0.1, 0.15) is 6.54 Å². The van der Waals surface area contributed by atoms with Crippen LogP contribution < -0.4 is 5.73 Å². The van der Waals surface area contributed by atoms with Crippen LogP contribution in [0.5, 0.6) is 0 Å². The molecule has 0 fully saturated rings. The third-order valence-electron chi connectivity index (χ3n) is 1.13. The summed E-state index contributed by atoms with van der Waals surface area (Å²) in [6, 6.07) is 0. The summed E-state index contributed by atoms with van der Waals surface area (Å²) in [5.41, 5.74) is 4.69. The Morgan fingerprint density at radius 1 is 1.62 bits per heavy atom. The highest BCUT2D eigenvalue weighted by Crippen LogP contribution is 2.26. The van der Waals surface area contributed by atoms with E-state index < -0.39 is 24.5 Å². The molecule has 0 aliphatic rings. The summed E-state index contributed by atoms with van der Waals surface area (Å²) in [6.07, 6.45) is -2.77. The quantitative estimate of drug-likeness (QED) is 0.693. The number of nitrogens with zero attached hydrogens (tertiary/aromatic N) is 3. The lowest BCUT2D eigenvalue weighted by molar-refractivity contribution is -0.147. The number of rotatable bonds is 2. The zero-order chi connectivity index (χ0) is 10.1. The van der Waals surface area contributed by atoms with Gasteiger partial charge >= 0.3 is 6.18 Å². The van der Waals surface area contributed by atoms with Crippen LogP contribution in [0.1, 0.15) is 5.82 Å². The second-order valence-corrected chi connectivity index (χ2v) is 2.17. The largest absolute Gasteiger partial charge is 0.451 e. The number of halogens is 3. The van der Waals surface area contributed by atoms with E-state index in [9.17, 15) is 18.0 Å². The fraction of sp³-hybridized carbons (Fsp3) is 0.400. The predicted octanol–water partition coefficient (Wildman–Crippen LogP) is -0.418. The first kappa shape index (κ1) is 9.49. The molecular weight excluding hydrogens is 189 g/mol. The van der Waals surface area contributed by atoms with Crippen molar-refractivity contribution in [3.05, 3.63) is 12.2 Å². The third-order valence-corrected chi connectivity index (χ3v) is 1.13. The molecule has 0 aromatic carbocycles. The van der Waals surface area contributed by atoms with Crippen LogP contribution >= 0.6 is 0 Å². The highest BCUT2D eigenvalue weighted by molar-refractivity contribution is 5.73. The molecule has 0 atom stereocenters. The van der Waals surface area contributed by atoms with E-state index in [1.54, 1.807) is 0 Å². The summed E-state index contributed by atoms with van der Waals surface area (Å²) in [5.74, 6) is -2.20. The number of nitrogens with two attached hydrogens (primary N) is 1. The Bertz CT molecular complexity index is 318. The van der Waals surface area contributed by atoms with Gasteiger partial charge in [-0.2, -0.15) is 13.2 Å². The molecule has 0 saturated heterocycles. The van der Waals surface area contributed by atoms with Crippen molar-refractivity contribution in [2.24, 2.45) is 5.73 Å². The molecule has 1 rings (SSSR count). The first-order valence-electron chi connectivity index (χ1n) is 3.07. The molecule has 0 bridgehead atoms. The first-order valence-corrected chi connectivity index (χ1v) is 3.07. The van der Waals surface area contributed by atoms with Gasteiger partial charge in [-0.1, -0.05) is 0 Å². The Morgan fingerprint density at radius 2 is 2.23 bits per heavy atom. The van der Waals surface area contributed by atoms with E-state index in [-0.39, 0.29) is 0 Å². The van der Waals surface area contributed by atoms with E-state index in [2.05, 4.69) is 10.2 Å². The van der Waals surface area contributed by atoms with Gasteiger partial charge in [0, 0.05) is 0 Å². The van der Waals surface area contributed by atoms with Crippen LogP contribution in [-0.4, -0.2) is 20.7 Å². The molecule has 71 valence electrons. The topological polar surface area (TPSA) is 73.8 Å². The van der Waals surface area contributed by atoms with Crippen molar-refractivity contribution >= 4 is 5.91 Å². The van der Waals surface area contributed by atoms with Crippen molar-refractivity contribution in [2.45, 2.75) is 12.7 Å². The van der Waals surface area contributed by atoms with Crippen molar-refractivity contribution in [2.75, 3.05) is 0 Å². The van der Waals surface area contributed by atoms with Crippen LogP contribution in [0.15, 0.2) is 0 Å². The Balaban J connectivity index is 2.96. The molecule has 1 aromatic heterocycles. The highest BCUT2D eigenvalue weighted by Gasteiger charge is 2.37. The smallest absolute Gasteiger partial charge is 0.368 e. The minimum Gasteiger partial charge on any atom is -0.368 e. The van der Waals surface area contributed by atoms with E-state index in [4.69, 9.17) is 5.73 Å². The predicted molar refractivity (Wildman–Crippen MR) is 33.1 cm³/mol. The molecule has 1 amide bonds. The standard InChI is InChI=1S/C5H4F3N4O/c6-5(7,8)4-11-10-2-12(4)1-3(9)13/h1H2,(H2,9,13). The number of alkyl halides is 3. The monoisotopic (exact) mass is 193 g/mol. The number of carbonyl (C=O) groups excluding carboxylic acids is 1. The van der Waals surface area contributed by atoms with Gasteiger partial charge in [0.05, 0.1) is 0 Å². The molecule has 1 heterocycles. The molecule has 0 unspecified atom stereocenters. The maximum atomic E-state index is 12.0. The lowest BCUT2D eigenvalue weighted by atomic mass is 10.5. The van der Waals surface area contributed by atoms with Crippen LogP contribution in [0, 0.1) is 6.33 Å². The number of hydrogen-bond acceptors (Lipinski definition) is 3. The number of primary amides is 1. The second kappa shape index (κ2) is 3.04. The van der Waals surface area contributed by atoms with Crippen molar-refractivity contribution in [3.63, 3.8) is 0 Å². The summed E-state index contributed by atoms with van der Waals surface area (Å²) in [6.45, 7) is -0.637. The summed E-state index contributed by atoms with van der Waals surface area (Å²) < 4.78 is 36.5. The molecule has 0 aliphatic heterocycles. The highest BCUT2D eigenvalue weighted by atomic mass is 19.4. The molecule has 2 N–H and O–H groups in total. The van der Waals surface area contributed by atoms with Gasteiger partial charge in [0.2, 0.25) is 18.1 Å². The number of aromatic nitrogens is 3. The van der Waals surface area contributed by atoms with Gasteiger partial charge in [-0.3, -0.25) is 9.36 Å². The van der Waals surface area contributed by atoms with E-state index in [0.29, 0.717) is 4.57 Å². The van der Waals surface area contributed by atoms with Crippen LogP contribution in [0.25, 0.3) is 0 Å². The molecule has 1 radical (unpaired) electrons. The van der Waals surface area contributed by atoms with Gasteiger partial charge in [-0.05, 0) is 0 Å². The molecule has 8 heteroatoms. The van der Waals surface area contributed by atoms with Crippen LogP contribution in [0.4, 0.5) is 13.2 Å². The summed E-state index contributed by atoms with van der Waals surface area (Å²) in [4.78, 5) is 10.3. The van der Waals surface area contributed by atoms with Gasteiger partial charge < -0.3 is 5.73 Å². The molecule has 0 saturated carbocycles. The Kier molecular flexibility index (Phi) is 2.22. The zero-order valence-electron chi connectivity index (χ0n) is 6.17. The van der Waals surface area contributed by atoms with Crippen LogP contribution in [0.3, 0.4) is 0 Å². The third kappa shape index (κ3) is 2.17. The minimum absolute atomic E-state index is 0.419. The fourth-order valence-corrected chi connectivity index (χ4v) is 0.701. The lowest BCUT2D eigenvalue weighted by Crippen LogP contribution is -2.23. The number of carbonyl (C=O) groups is 1. The van der Waals surface area contributed by atoms with E-state index in [1.807, 2.05) is 6.33 Å². The fourth-order valence-electron chi connectivity index (χ4n) is 0.701. The average Bonchev–Trinajstić information content (AvgIpc) is 2.31. The normalized spacial score (nSPS) is 11.6. The minimum atomic E-state index is -4.65. The lowest BCUT2D eigenvalue weighted by Gasteiger charge is -2.05. The van der Waals surface area contributed by atoms with Crippen LogP contribution in [0.2, 0.25) is 0 Å². The maximum absolute atomic E-state index is 12.0. The summed E-state index contributed by atoms with van der Waals surface area (Å²) in [7, 11) is 0. The van der Waals surface area contributed by atoms with Crippen LogP contribution in [-0.2, 0) is 17.5 Å². The SMILES string of the molecule is NC(=O)Cn1[c]nnc1C(F)(F)F. The van der Waals surface area contributed by atoms with Crippen molar-refractivity contribution in [3.8, 4) is 0 Å². The van der Waals surface area contributed by atoms with E-state index in [1.165, 1.54) is 0 Å². The summed E-state index contributed by atoms with van der Waals surface area (Å²) >= 11 is 0. The second-order valence-electron chi connectivity index (χ2n) is 2.17. The Hall–Kier alpha value is -1.60. The molecule has 5 nitrogen and oxygen atoms in total. The van der Waals surface area contributed by atoms with Gasteiger partial charge in [-0.25, -0.2) is 0 Å². The van der Waals surface area contributed by atoms with Crippen molar-refractivity contribution in [1.29, 1.82) is 0 Å². The molecular formula is C5H4F3N4O.